The molecule has 0 spiro atoms. The molecule has 2 nitrogen and oxygen atoms in total. The van der Waals surface area contributed by atoms with E-state index in [0.29, 0.717) is 12.8 Å². The van der Waals surface area contributed by atoms with E-state index in [9.17, 15) is 9.90 Å². The van der Waals surface area contributed by atoms with E-state index < -0.39 is 5.97 Å². The molecule has 2 heteroatoms. The molecule has 0 aliphatic heterocycles. The van der Waals surface area contributed by atoms with Crippen LogP contribution in [0.2, 0.25) is 0 Å². The highest BCUT2D eigenvalue weighted by Gasteiger charge is 2.16. The van der Waals surface area contributed by atoms with Crippen LogP contribution in [0.4, 0.5) is 0 Å². The SMILES string of the molecule is CCCCC/C=C\C/C=C\C/C=C\C/C=C\CCC(CCc1ccccc1)C(=O)O. The van der Waals surface area contributed by atoms with Gasteiger partial charge in [0.15, 0.2) is 0 Å². The molecule has 0 bridgehead atoms. The molecule has 0 saturated heterocycles. The average Bonchev–Trinajstić information content (AvgIpc) is 2.76. The first-order valence-corrected chi connectivity index (χ1v) is 11.6. The maximum atomic E-state index is 11.5. The van der Waals surface area contributed by atoms with E-state index in [1.165, 1.54) is 31.2 Å². The van der Waals surface area contributed by atoms with Crippen molar-refractivity contribution in [1.82, 2.24) is 0 Å². The summed E-state index contributed by atoms with van der Waals surface area (Å²) in [5.41, 5.74) is 1.21. The zero-order valence-corrected chi connectivity index (χ0v) is 18.7. The van der Waals surface area contributed by atoms with Gasteiger partial charge in [0.2, 0.25) is 0 Å². The summed E-state index contributed by atoms with van der Waals surface area (Å²) in [7, 11) is 0. The van der Waals surface area contributed by atoms with Crippen LogP contribution >= 0.6 is 0 Å². The summed E-state index contributed by atoms with van der Waals surface area (Å²) in [6.07, 6.45) is 28.7. The van der Waals surface area contributed by atoms with E-state index in [4.69, 9.17) is 0 Å². The fourth-order valence-corrected chi connectivity index (χ4v) is 3.24. The van der Waals surface area contributed by atoms with Crippen molar-refractivity contribution >= 4 is 5.97 Å². The van der Waals surface area contributed by atoms with Crippen molar-refractivity contribution < 1.29 is 9.90 Å². The van der Waals surface area contributed by atoms with Crippen molar-refractivity contribution in [3.8, 4) is 0 Å². The molecule has 164 valence electrons. The van der Waals surface area contributed by atoms with Gasteiger partial charge < -0.3 is 5.11 Å². The van der Waals surface area contributed by atoms with Gasteiger partial charge >= 0.3 is 5.97 Å². The summed E-state index contributed by atoms with van der Waals surface area (Å²) in [6, 6.07) is 10.1. The van der Waals surface area contributed by atoms with E-state index in [-0.39, 0.29) is 5.92 Å². The van der Waals surface area contributed by atoms with Crippen LogP contribution in [0.5, 0.6) is 0 Å². The van der Waals surface area contributed by atoms with Crippen LogP contribution in [-0.4, -0.2) is 11.1 Å². The van der Waals surface area contributed by atoms with E-state index >= 15 is 0 Å². The molecule has 1 aromatic carbocycles. The molecule has 1 unspecified atom stereocenters. The van der Waals surface area contributed by atoms with Crippen LogP contribution in [0.1, 0.15) is 76.7 Å². The van der Waals surface area contributed by atoms with Crippen molar-refractivity contribution in [2.45, 2.75) is 77.6 Å². The van der Waals surface area contributed by atoms with Crippen molar-refractivity contribution in [3.63, 3.8) is 0 Å². The summed E-state index contributed by atoms with van der Waals surface area (Å²) in [6.45, 7) is 2.23. The molecule has 0 aliphatic rings. The first-order valence-electron chi connectivity index (χ1n) is 11.6. The predicted molar refractivity (Wildman–Crippen MR) is 130 cm³/mol. The van der Waals surface area contributed by atoms with Gasteiger partial charge in [0.1, 0.15) is 0 Å². The number of carboxylic acid groups (broad SMARTS) is 1. The Morgan fingerprint density at radius 3 is 1.93 bits per heavy atom. The Hall–Kier alpha value is -2.35. The molecule has 0 radical (unpaired) electrons. The predicted octanol–water partition coefficient (Wildman–Crippen LogP) is 8.08. The molecule has 0 amide bonds. The highest BCUT2D eigenvalue weighted by Crippen LogP contribution is 2.16. The van der Waals surface area contributed by atoms with Gasteiger partial charge in [-0.3, -0.25) is 4.79 Å². The van der Waals surface area contributed by atoms with E-state index in [1.54, 1.807) is 0 Å². The Bertz CT molecular complexity index is 652. The average molecular weight is 409 g/mol. The number of aliphatic carboxylic acids is 1. The summed E-state index contributed by atoms with van der Waals surface area (Å²) in [5, 5.41) is 9.43. The summed E-state index contributed by atoms with van der Waals surface area (Å²) < 4.78 is 0. The molecule has 0 fully saturated rings. The zero-order valence-electron chi connectivity index (χ0n) is 18.7. The lowest BCUT2D eigenvalue weighted by Gasteiger charge is -2.10. The second kappa shape index (κ2) is 18.7. The normalized spacial score (nSPS) is 13.2. The fraction of sp³-hybridized carbons (Fsp3) is 0.464. The number of aryl methyl sites for hydroxylation is 1. The summed E-state index contributed by atoms with van der Waals surface area (Å²) in [4.78, 5) is 11.5. The lowest BCUT2D eigenvalue weighted by molar-refractivity contribution is -0.142. The number of hydrogen-bond donors (Lipinski definition) is 1. The van der Waals surface area contributed by atoms with Crippen LogP contribution in [0.25, 0.3) is 0 Å². The van der Waals surface area contributed by atoms with Crippen LogP contribution in [0, 0.1) is 5.92 Å². The maximum absolute atomic E-state index is 11.5. The Kier molecular flexibility index (Phi) is 16.0. The third-order valence-electron chi connectivity index (χ3n) is 5.11. The monoisotopic (exact) mass is 408 g/mol. The minimum absolute atomic E-state index is 0.267. The number of benzene rings is 1. The third-order valence-corrected chi connectivity index (χ3v) is 5.11. The third kappa shape index (κ3) is 14.6. The van der Waals surface area contributed by atoms with Crippen molar-refractivity contribution in [2.75, 3.05) is 0 Å². The standard InChI is InChI=1S/C28H40O2/c1-2-3-4-5-6-7-8-9-10-11-12-13-14-15-16-20-23-27(28(29)30)25-24-26-21-18-17-19-22-26/h6-7,9-10,12-13,15-19,21-22,27H,2-5,8,11,14,20,23-25H2,1H3,(H,29,30)/b7-6-,10-9-,13-12-,16-15-. The number of carboxylic acids is 1. The lowest BCUT2D eigenvalue weighted by atomic mass is 9.95. The number of rotatable bonds is 17. The van der Waals surface area contributed by atoms with Crippen molar-refractivity contribution in [1.29, 1.82) is 0 Å². The number of hydrogen-bond acceptors (Lipinski definition) is 1. The Balaban J connectivity index is 2.09. The molecule has 1 atom stereocenters. The van der Waals surface area contributed by atoms with Crippen LogP contribution in [0.15, 0.2) is 78.9 Å². The van der Waals surface area contributed by atoms with Crippen molar-refractivity contribution in [2.24, 2.45) is 5.92 Å². The fourth-order valence-electron chi connectivity index (χ4n) is 3.24. The van der Waals surface area contributed by atoms with Gasteiger partial charge in [-0.15, -0.1) is 0 Å². The molecule has 1 aromatic rings. The minimum Gasteiger partial charge on any atom is -0.481 e. The largest absolute Gasteiger partial charge is 0.481 e. The van der Waals surface area contributed by atoms with Gasteiger partial charge in [0.25, 0.3) is 0 Å². The van der Waals surface area contributed by atoms with Gasteiger partial charge in [0, 0.05) is 0 Å². The highest BCUT2D eigenvalue weighted by atomic mass is 16.4. The molecule has 0 saturated carbocycles. The molecule has 0 aliphatic carbocycles. The van der Waals surface area contributed by atoms with Gasteiger partial charge in [0.05, 0.1) is 5.92 Å². The van der Waals surface area contributed by atoms with Gasteiger partial charge in [-0.25, -0.2) is 0 Å². The Morgan fingerprint density at radius 2 is 1.37 bits per heavy atom. The topological polar surface area (TPSA) is 37.3 Å². The van der Waals surface area contributed by atoms with Gasteiger partial charge in [-0.05, 0) is 63.4 Å². The number of unbranched alkanes of at least 4 members (excludes halogenated alkanes) is 3. The van der Waals surface area contributed by atoms with Crippen LogP contribution in [0.3, 0.4) is 0 Å². The quantitative estimate of drug-likeness (QED) is 0.209. The van der Waals surface area contributed by atoms with Gasteiger partial charge in [-0.2, -0.15) is 0 Å². The second-order valence-electron chi connectivity index (χ2n) is 7.73. The molecule has 1 rings (SSSR count). The Morgan fingerprint density at radius 1 is 0.800 bits per heavy atom. The second-order valence-corrected chi connectivity index (χ2v) is 7.73. The maximum Gasteiger partial charge on any atom is 0.306 e. The Labute approximate surface area is 184 Å². The first kappa shape index (κ1) is 25.7. The highest BCUT2D eigenvalue weighted by molar-refractivity contribution is 5.69. The molecule has 0 aromatic heterocycles. The zero-order chi connectivity index (χ0) is 21.7. The van der Waals surface area contributed by atoms with Gasteiger partial charge in [-0.1, -0.05) is 98.7 Å². The summed E-state index contributed by atoms with van der Waals surface area (Å²) in [5.74, 6) is -0.946. The van der Waals surface area contributed by atoms with E-state index in [2.05, 4.69) is 67.7 Å². The molecule has 0 heterocycles. The van der Waals surface area contributed by atoms with E-state index in [0.717, 1.165) is 32.1 Å². The number of allylic oxidation sites excluding steroid dienone is 8. The molecule has 30 heavy (non-hydrogen) atoms. The lowest BCUT2D eigenvalue weighted by Crippen LogP contribution is -2.14. The minimum atomic E-state index is -0.679. The summed E-state index contributed by atoms with van der Waals surface area (Å²) >= 11 is 0. The van der Waals surface area contributed by atoms with E-state index in [1.807, 2.05) is 18.2 Å². The first-order chi connectivity index (χ1) is 14.7. The molecular weight excluding hydrogens is 368 g/mol. The smallest absolute Gasteiger partial charge is 0.306 e. The van der Waals surface area contributed by atoms with Crippen LogP contribution in [-0.2, 0) is 11.2 Å². The van der Waals surface area contributed by atoms with Crippen LogP contribution < -0.4 is 0 Å². The van der Waals surface area contributed by atoms with Crippen molar-refractivity contribution in [3.05, 3.63) is 84.5 Å². The number of carbonyl (C=O) groups is 1. The molecule has 1 N–H and O–H groups in total. The molecular formula is C28H40O2.